The predicted octanol–water partition coefficient (Wildman–Crippen LogP) is 6.13. The SMILES string of the molecule is CC(=O)OC1=C(c2cccc3ccccc23)Sc2ccccc2-n2cccc21. The Morgan fingerprint density at radius 2 is 1.68 bits per heavy atom. The van der Waals surface area contributed by atoms with Gasteiger partial charge in [0.1, 0.15) is 0 Å². The van der Waals surface area contributed by atoms with E-state index in [1.165, 1.54) is 6.92 Å². The first-order chi connectivity index (χ1) is 13.7. The van der Waals surface area contributed by atoms with Gasteiger partial charge in [0.2, 0.25) is 0 Å². The van der Waals surface area contributed by atoms with E-state index in [-0.39, 0.29) is 5.97 Å². The van der Waals surface area contributed by atoms with E-state index in [9.17, 15) is 4.79 Å². The number of esters is 1. The van der Waals surface area contributed by atoms with Crippen molar-refractivity contribution in [1.82, 2.24) is 4.57 Å². The first-order valence-electron chi connectivity index (χ1n) is 9.08. The fourth-order valence-corrected chi connectivity index (χ4v) is 4.80. The molecule has 0 radical (unpaired) electrons. The Morgan fingerprint density at radius 3 is 2.57 bits per heavy atom. The first-order valence-corrected chi connectivity index (χ1v) is 9.90. The van der Waals surface area contributed by atoms with E-state index in [4.69, 9.17) is 4.74 Å². The van der Waals surface area contributed by atoms with E-state index in [0.29, 0.717) is 5.76 Å². The number of hydrogen-bond donors (Lipinski definition) is 0. The van der Waals surface area contributed by atoms with Crippen molar-refractivity contribution in [2.75, 3.05) is 0 Å². The van der Waals surface area contributed by atoms with Crippen LogP contribution in [0.5, 0.6) is 0 Å². The number of carbonyl (C=O) groups excluding carboxylic acids is 1. The molecule has 0 bridgehead atoms. The van der Waals surface area contributed by atoms with Crippen molar-refractivity contribution in [2.24, 2.45) is 0 Å². The van der Waals surface area contributed by atoms with E-state index >= 15 is 0 Å². The fraction of sp³-hybridized carbons (Fsp3) is 0.0417. The maximum Gasteiger partial charge on any atom is 0.308 e. The molecule has 1 aliphatic rings. The highest BCUT2D eigenvalue weighted by molar-refractivity contribution is 8.08. The monoisotopic (exact) mass is 383 g/mol. The Morgan fingerprint density at radius 1 is 0.893 bits per heavy atom. The van der Waals surface area contributed by atoms with Crippen LogP contribution in [0.4, 0.5) is 0 Å². The molecule has 4 heteroatoms. The zero-order chi connectivity index (χ0) is 19.1. The summed E-state index contributed by atoms with van der Waals surface area (Å²) in [6, 6.07) is 26.7. The third kappa shape index (κ3) is 2.74. The molecule has 3 aromatic carbocycles. The summed E-state index contributed by atoms with van der Waals surface area (Å²) < 4.78 is 7.88. The third-order valence-corrected chi connectivity index (χ3v) is 5.98. The number of rotatable bonds is 2. The van der Waals surface area contributed by atoms with Crippen LogP contribution >= 0.6 is 11.8 Å². The van der Waals surface area contributed by atoms with Crippen molar-refractivity contribution >= 4 is 39.2 Å². The number of benzene rings is 3. The van der Waals surface area contributed by atoms with Crippen molar-refractivity contribution in [3.05, 3.63) is 96.3 Å². The summed E-state index contributed by atoms with van der Waals surface area (Å²) in [6.45, 7) is 1.45. The lowest BCUT2D eigenvalue weighted by Crippen LogP contribution is -2.04. The van der Waals surface area contributed by atoms with Crippen LogP contribution in [-0.2, 0) is 9.53 Å². The lowest BCUT2D eigenvalue weighted by atomic mass is 10.0. The van der Waals surface area contributed by atoms with Gasteiger partial charge in [0.15, 0.2) is 5.76 Å². The summed E-state index contributed by atoms with van der Waals surface area (Å²) in [6.07, 6.45) is 2.00. The molecular weight excluding hydrogens is 366 g/mol. The standard InChI is InChI=1S/C24H17NO2S/c1-16(26)27-23-21-13-7-15-25(21)20-12-4-5-14-22(20)28-24(23)19-11-6-9-17-8-2-3-10-18(17)19/h2-15H,1H3. The summed E-state index contributed by atoms with van der Waals surface area (Å²) in [5.41, 5.74) is 3.01. The number of nitrogens with zero attached hydrogens (tertiary/aromatic N) is 1. The summed E-state index contributed by atoms with van der Waals surface area (Å²) in [5, 5.41) is 2.29. The largest absolute Gasteiger partial charge is 0.423 e. The Kier molecular flexibility index (Phi) is 4.06. The number of ether oxygens (including phenoxy) is 1. The maximum absolute atomic E-state index is 12.0. The van der Waals surface area contributed by atoms with Gasteiger partial charge in [0.25, 0.3) is 0 Å². The molecule has 0 fully saturated rings. The zero-order valence-electron chi connectivity index (χ0n) is 15.3. The summed E-state index contributed by atoms with van der Waals surface area (Å²) in [7, 11) is 0. The number of hydrogen-bond acceptors (Lipinski definition) is 3. The molecule has 0 amide bonds. The second-order valence-electron chi connectivity index (χ2n) is 6.61. The van der Waals surface area contributed by atoms with Crippen LogP contribution in [0.25, 0.3) is 27.1 Å². The average Bonchev–Trinajstić information content (AvgIpc) is 3.15. The Hall–Kier alpha value is -3.24. The minimum absolute atomic E-state index is 0.327. The molecule has 0 atom stereocenters. The van der Waals surface area contributed by atoms with Gasteiger partial charge in [-0.25, -0.2) is 0 Å². The van der Waals surface area contributed by atoms with E-state index in [1.807, 2.05) is 48.7 Å². The molecular formula is C24H17NO2S. The second-order valence-corrected chi connectivity index (χ2v) is 7.66. The Balaban J connectivity index is 1.86. The minimum atomic E-state index is -0.327. The van der Waals surface area contributed by atoms with Gasteiger partial charge in [0.05, 0.1) is 16.3 Å². The molecule has 0 aliphatic carbocycles. The third-order valence-electron chi connectivity index (χ3n) is 4.80. The molecule has 5 rings (SSSR count). The number of thioether (sulfide) groups is 1. The number of aromatic nitrogens is 1. The van der Waals surface area contributed by atoms with Gasteiger partial charge in [-0.05, 0) is 35.0 Å². The van der Waals surface area contributed by atoms with E-state index in [0.717, 1.165) is 37.5 Å². The molecule has 0 spiro atoms. The molecule has 1 aromatic heterocycles. The van der Waals surface area contributed by atoms with Gasteiger partial charge < -0.3 is 9.30 Å². The van der Waals surface area contributed by atoms with Crippen molar-refractivity contribution in [2.45, 2.75) is 11.8 Å². The van der Waals surface area contributed by atoms with Crippen molar-refractivity contribution in [3.8, 4) is 5.69 Å². The highest BCUT2D eigenvalue weighted by Gasteiger charge is 2.26. The van der Waals surface area contributed by atoms with Crippen molar-refractivity contribution in [1.29, 1.82) is 0 Å². The molecule has 3 nitrogen and oxygen atoms in total. The van der Waals surface area contributed by atoms with Gasteiger partial charge >= 0.3 is 5.97 Å². The molecule has 0 saturated carbocycles. The minimum Gasteiger partial charge on any atom is -0.423 e. The summed E-state index contributed by atoms with van der Waals surface area (Å²) in [4.78, 5) is 14.1. The van der Waals surface area contributed by atoms with Gasteiger partial charge in [-0.15, -0.1) is 0 Å². The van der Waals surface area contributed by atoms with Crippen LogP contribution in [0.2, 0.25) is 0 Å². The van der Waals surface area contributed by atoms with Crippen LogP contribution in [0.1, 0.15) is 18.2 Å². The van der Waals surface area contributed by atoms with Gasteiger partial charge in [-0.2, -0.15) is 0 Å². The lowest BCUT2D eigenvalue weighted by molar-refractivity contribution is -0.134. The van der Waals surface area contributed by atoms with Gasteiger partial charge in [0, 0.05) is 23.6 Å². The van der Waals surface area contributed by atoms with E-state index in [2.05, 4.69) is 41.0 Å². The fourth-order valence-electron chi connectivity index (χ4n) is 3.63. The summed E-state index contributed by atoms with van der Waals surface area (Å²) >= 11 is 1.64. The molecule has 0 N–H and O–H groups in total. The highest BCUT2D eigenvalue weighted by atomic mass is 32.2. The van der Waals surface area contributed by atoms with Crippen LogP contribution in [0.15, 0.2) is 90.0 Å². The normalized spacial score (nSPS) is 13.0. The number of carbonyl (C=O) groups is 1. The van der Waals surface area contributed by atoms with Gasteiger partial charge in [-0.1, -0.05) is 66.4 Å². The van der Waals surface area contributed by atoms with E-state index < -0.39 is 0 Å². The van der Waals surface area contributed by atoms with E-state index in [1.54, 1.807) is 11.8 Å². The van der Waals surface area contributed by atoms with Crippen LogP contribution in [-0.4, -0.2) is 10.5 Å². The maximum atomic E-state index is 12.0. The lowest BCUT2D eigenvalue weighted by Gasteiger charge is -2.14. The number of para-hydroxylation sites is 1. The topological polar surface area (TPSA) is 31.2 Å². The second kappa shape index (κ2) is 6.73. The summed E-state index contributed by atoms with van der Waals surface area (Å²) in [5.74, 6) is 0.266. The smallest absolute Gasteiger partial charge is 0.308 e. The average molecular weight is 383 g/mol. The van der Waals surface area contributed by atoms with Crippen molar-refractivity contribution in [3.63, 3.8) is 0 Å². The first kappa shape index (κ1) is 16.9. The molecule has 1 aliphatic heterocycles. The quantitative estimate of drug-likeness (QED) is 0.391. The van der Waals surface area contributed by atoms with Crippen LogP contribution in [0, 0.1) is 0 Å². The molecule has 4 aromatic rings. The molecule has 2 heterocycles. The Bertz CT molecular complexity index is 1250. The molecule has 136 valence electrons. The highest BCUT2D eigenvalue weighted by Crippen LogP contribution is 2.47. The van der Waals surface area contributed by atoms with Crippen LogP contribution < -0.4 is 0 Å². The van der Waals surface area contributed by atoms with Crippen molar-refractivity contribution < 1.29 is 9.53 Å². The molecule has 0 saturated heterocycles. The van der Waals surface area contributed by atoms with Gasteiger partial charge in [-0.3, -0.25) is 4.79 Å². The Labute approximate surface area is 167 Å². The number of fused-ring (bicyclic) bond motifs is 4. The molecule has 0 unspecified atom stereocenters. The van der Waals surface area contributed by atoms with Crippen LogP contribution in [0.3, 0.4) is 0 Å². The zero-order valence-corrected chi connectivity index (χ0v) is 16.1. The predicted molar refractivity (Wildman–Crippen MR) is 114 cm³/mol. The molecule has 28 heavy (non-hydrogen) atoms.